The zero-order valence-corrected chi connectivity index (χ0v) is 10.4. The fraction of sp³-hybridized carbons (Fsp3) is 0.0909. The Balaban J connectivity index is 2.04. The zero-order valence-electron chi connectivity index (χ0n) is 9.55. The molecule has 0 aliphatic heterocycles. The highest BCUT2D eigenvalue weighted by atomic mass is 32.1. The summed E-state index contributed by atoms with van der Waals surface area (Å²) in [5, 5.41) is 6.27. The summed E-state index contributed by atoms with van der Waals surface area (Å²) < 4.78 is 18.0. The number of aromatic nitrogens is 1. The fourth-order valence-electron chi connectivity index (χ4n) is 1.26. The lowest BCUT2D eigenvalue weighted by Crippen LogP contribution is -1.93. The van der Waals surface area contributed by atoms with Crippen LogP contribution in [0.3, 0.4) is 0 Å². The van der Waals surface area contributed by atoms with Crippen molar-refractivity contribution < 1.29 is 9.13 Å². The third kappa shape index (κ3) is 2.95. The summed E-state index contributed by atoms with van der Waals surface area (Å²) in [7, 11) is 1.41. The van der Waals surface area contributed by atoms with Crippen molar-refractivity contribution in [3.05, 3.63) is 35.0 Å². The largest absolute Gasteiger partial charge is 0.494 e. The summed E-state index contributed by atoms with van der Waals surface area (Å²) in [5.41, 5.74) is 8.91. The quantitative estimate of drug-likeness (QED) is 0.658. The second kappa shape index (κ2) is 5.46. The second-order valence-electron chi connectivity index (χ2n) is 3.34. The van der Waals surface area contributed by atoms with Crippen LogP contribution >= 0.6 is 11.3 Å². The van der Waals surface area contributed by atoms with Crippen molar-refractivity contribution in [2.24, 2.45) is 5.10 Å². The molecule has 0 bridgehead atoms. The van der Waals surface area contributed by atoms with E-state index in [4.69, 9.17) is 10.5 Å². The summed E-state index contributed by atoms with van der Waals surface area (Å²) in [5.74, 6) is 0.217. The predicted molar refractivity (Wildman–Crippen MR) is 70.7 cm³/mol. The molecular weight excluding hydrogens is 255 g/mol. The summed E-state index contributed by atoms with van der Waals surface area (Å²) in [6.45, 7) is 0. The Morgan fingerprint density at radius 1 is 1.56 bits per heavy atom. The Bertz CT molecular complexity index is 570. The second-order valence-corrected chi connectivity index (χ2v) is 4.20. The number of hydrazone groups is 1. The molecular formula is C11H11FN4OS. The van der Waals surface area contributed by atoms with Gasteiger partial charge in [0.05, 0.1) is 13.3 Å². The molecule has 0 spiro atoms. The van der Waals surface area contributed by atoms with Gasteiger partial charge in [-0.25, -0.2) is 9.37 Å². The van der Waals surface area contributed by atoms with Crippen molar-refractivity contribution in [1.82, 2.24) is 4.98 Å². The number of benzene rings is 1. The van der Waals surface area contributed by atoms with E-state index in [0.29, 0.717) is 16.5 Å². The molecule has 0 unspecified atom stereocenters. The van der Waals surface area contributed by atoms with E-state index in [1.807, 2.05) is 0 Å². The van der Waals surface area contributed by atoms with Gasteiger partial charge in [-0.05, 0) is 17.7 Å². The Morgan fingerprint density at radius 2 is 2.39 bits per heavy atom. The van der Waals surface area contributed by atoms with E-state index in [2.05, 4.69) is 15.5 Å². The lowest BCUT2D eigenvalue weighted by atomic mass is 10.2. The molecule has 94 valence electrons. The number of anilines is 2. The molecule has 2 rings (SSSR count). The first-order valence-corrected chi connectivity index (χ1v) is 5.90. The Hall–Kier alpha value is -2.15. The molecule has 1 aromatic heterocycles. The average molecular weight is 266 g/mol. The third-order valence-corrected chi connectivity index (χ3v) is 2.84. The number of halogens is 1. The van der Waals surface area contributed by atoms with Crippen molar-refractivity contribution in [2.75, 3.05) is 18.3 Å². The molecule has 2 aromatic rings. The van der Waals surface area contributed by atoms with Gasteiger partial charge in [0.1, 0.15) is 5.82 Å². The van der Waals surface area contributed by atoms with Crippen molar-refractivity contribution >= 4 is 28.5 Å². The number of hydrogen-bond donors (Lipinski definition) is 2. The number of nitrogens with one attached hydrogen (secondary N) is 1. The van der Waals surface area contributed by atoms with Crippen molar-refractivity contribution in [3.63, 3.8) is 0 Å². The molecule has 18 heavy (non-hydrogen) atoms. The molecule has 0 saturated carbocycles. The minimum Gasteiger partial charge on any atom is -0.494 e. The third-order valence-electron chi connectivity index (χ3n) is 2.07. The van der Waals surface area contributed by atoms with Crippen molar-refractivity contribution in [2.45, 2.75) is 0 Å². The van der Waals surface area contributed by atoms with Crippen LogP contribution in [-0.4, -0.2) is 18.3 Å². The van der Waals surface area contributed by atoms with Crippen LogP contribution in [0.5, 0.6) is 5.75 Å². The molecule has 0 saturated heterocycles. The lowest BCUT2D eigenvalue weighted by Gasteiger charge is -2.01. The van der Waals surface area contributed by atoms with Gasteiger partial charge in [-0.2, -0.15) is 5.10 Å². The maximum Gasteiger partial charge on any atom is 0.205 e. The molecule has 7 heteroatoms. The van der Waals surface area contributed by atoms with E-state index in [-0.39, 0.29) is 5.75 Å². The minimum atomic E-state index is -0.407. The van der Waals surface area contributed by atoms with Gasteiger partial charge in [0, 0.05) is 5.38 Å². The smallest absolute Gasteiger partial charge is 0.205 e. The van der Waals surface area contributed by atoms with Crippen LogP contribution in [0.2, 0.25) is 0 Å². The number of ether oxygens (including phenoxy) is 1. The average Bonchev–Trinajstić information content (AvgIpc) is 2.77. The van der Waals surface area contributed by atoms with Crippen LogP contribution in [0.15, 0.2) is 28.7 Å². The standard InChI is InChI=1S/C11H11FN4OS/c1-17-9-4-7(2-3-8(9)12)5-14-16-11-15-10(13)6-18-11/h2-6H,13H2,1H3,(H,15,16). The van der Waals surface area contributed by atoms with Crippen LogP contribution in [0, 0.1) is 5.82 Å². The Labute approximate surface area is 107 Å². The maximum atomic E-state index is 13.2. The first-order chi connectivity index (χ1) is 8.69. The molecule has 0 atom stereocenters. The van der Waals surface area contributed by atoms with Gasteiger partial charge < -0.3 is 10.5 Å². The van der Waals surface area contributed by atoms with Gasteiger partial charge in [0.2, 0.25) is 5.13 Å². The van der Waals surface area contributed by atoms with Crippen LogP contribution in [-0.2, 0) is 0 Å². The monoisotopic (exact) mass is 266 g/mol. The highest BCUT2D eigenvalue weighted by Crippen LogP contribution is 2.18. The highest BCUT2D eigenvalue weighted by molar-refractivity contribution is 7.14. The van der Waals surface area contributed by atoms with E-state index in [1.54, 1.807) is 23.7 Å². The van der Waals surface area contributed by atoms with Crippen LogP contribution in [0.25, 0.3) is 0 Å². The van der Waals surface area contributed by atoms with Crippen LogP contribution < -0.4 is 15.9 Å². The maximum absolute atomic E-state index is 13.2. The Morgan fingerprint density at radius 3 is 3.06 bits per heavy atom. The van der Waals surface area contributed by atoms with E-state index in [1.165, 1.54) is 24.5 Å². The molecule has 0 fully saturated rings. The van der Waals surface area contributed by atoms with Gasteiger partial charge in [-0.15, -0.1) is 11.3 Å². The molecule has 0 radical (unpaired) electrons. The lowest BCUT2D eigenvalue weighted by molar-refractivity contribution is 0.386. The van der Waals surface area contributed by atoms with Crippen LogP contribution in [0.4, 0.5) is 15.3 Å². The number of nitrogen functional groups attached to an aromatic ring is 1. The zero-order chi connectivity index (χ0) is 13.0. The van der Waals surface area contributed by atoms with Crippen molar-refractivity contribution in [1.29, 1.82) is 0 Å². The fourth-order valence-corrected chi connectivity index (χ4v) is 1.80. The predicted octanol–water partition coefficient (Wildman–Crippen LogP) is 2.32. The molecule has 5 nitrogen and oxygen atoms in total. The number of nitrogens with zero attached hydrogens (tertiary/aromatic N) is 2. The summed E-state index contributed by atoms with van der Waals surface area (Å²) in [6, 6.07) is 4.47. The molecule has 1 heterocycles. The SMILES string of the molecule is COc1cc(C=NNc2nc(N)cs2)ccc1F. The van der Waals surface area contributed by atoms with Gasteiger partial charge in [-0.1, -0.05) is 6.07 Å². The van der Waals surface area contributed by atoms with Gasteiger partial charge in [0.15, 0.2) is 11.6 Å². The first-order valence-electron chi connectivity index (χ1n) is 5.02. The first kappa shape index (κ1) is 12.3. The van der Waals surface area contributed by atoms with Gasteiger partial charge in [0.25, 0.3) is 0 Å². The summed E-state index contributed by atoms with van der Waals surface area (Å²) in [4.78, 5) is 3.98. The number of nitrogens with two attached hydrogens (primary N) is 1. The number of hydrogen-bond acceptors (Lipinski definition) is 6. The number of thiazole rings is 1. The van der Waals surface area contributed by atoms with Gasteiger partial charge in [-0.3, -0.25) is 5.43 Å². The normalized spacial score (nSPS) is 10.8. The molecule has 0 aliphatic carbocycles. The van der Waals surface area contributed by atoms with E-state index >= 15 is 0 Å². The molecule has 1 aromatic carbocycles. The van der Waals surface area contributed by atoms with E-state index < -0.39 is 5.82 Å². The van der Waals surface area contributed by atoms with Gasteiger partial charge >= 0.3 is 0 Å². The van der Waals surface area contributed by atoms with E-state index in [9.17, 15) is 4.39 Å². The highest BCUT2D eigenvalue weighted by Gasteiger charge is 2.01. The molecule has 0 aliphatic rings. The summed E-state index contributed by atoms with van der Waals surface area (Å²) in [6.07, 6.45) is 1.54. The van der Waals surface area contributed by atoms with E-state index in [0.717, 1.165) is 0 Å². The summed E-state index contributed by atoms with van der Waals surface area (Å²) >= 11 is 1.35. The molecule has 3 N–H and O–H groups in total. The van der Waals surface area contributed by atoms with Crippen molar-refractivity contribution in [3.8, 4) is 5.75 Å². The molecule has 0 amide bonds. The number of methoxy groups -OCH3 is 1. The topological polar surface area (TPSA) is 72.5 Å². The number of rotatable bonds is 4. The Kier molecular flexibility index (Phi) is 3.73. The minimum absolute atomic E-state index is 0.178. The van der Waals surface area contributed by atoms with Crippen LogP contribution in [0.1, 0.15) is 5.56 Å².